The van der Waals surface area contributed by atoms with Crippen LogP contribution in [-0.2, 0) is 5.60 Å². The molecule has 78 valence electrons. The van der Waals surface area contributed by atoms with Crippen LogP contribution in [0.5, 0.6) is 0 Å². The molecule has 1 aromatic heterocycles. The summed E-state index contributed by atoms with van der Waals surface area (Å²) in [5, 5.41) is 10.2. The highest BCUT2D eigenvalue weighted by atomic mass is 127. The molecule has 3 nitrogen and oxygen atoms in total. The van der Waals surface area contributed by atoms with Crippen LogP contribution in [0.2, 0.25) is 0 Å². The Kier molecular flexibility index (Phi) is 2.04. The lowest BCUT2D eigenvalue weighted by Gasteiger charge is -2.36. The Bertz CT molecular complexity index is 516. The molecule has 0 radical (unpaired) electrons. The van der Waals surface area contributed by atoms with Gasteiger partial charge in [0.15, 0.2) is 5.58 Å². The van der Waals surface area contributed by atoms with Crippen LogP contribution in [0, 0.1) is 3.90 Å². The molecule has 0 amide bonds. The predicted molar refractivity (Wildman–Crippen MR) is 64.5 cm³/mol. The molecule has 1 aromatic carbocycles. The molecule has 0 unspecified atom stereocenters. The van der Waals surface area contributed by atoms with Crippen molar-refractivity contribution in [2.45, 2.75) is 24.9 Å². The summed E-state index contributed by atoms with van der Waals surface area (Å²) in [6, 6.07) is 5.75. The number of aliphatic hydroxyl groups is 1. The SMILES string of the molecule is OC1(c2ccc3oc(I)nc3c2)CCC1. The highest BCUT2D eigenvalue weighted by Gasteiger charge is 2.36. The summed E-state index contributed by atoms with van der Waals surface area (Å²) in [5.41, 5.74) is 1.97. The van der Waals surface area contributed by atoms with Crippen molar-refractivity contribution in [1.29, 1.82) is 0 Å². The number of hydrogen-bond acceptors (Lipinski definition) is 3. The van der Waals surface area contributed by atoms with Gasteiger partial charge in [-0.2, -0.15) is 0 Å². The van der Waals surface area contributed by atoms with E-state index in [1.807, 2.05) is 40.8 Å². The highest BCUT2D eigenvalue weighted by molar-refractivity contribution is 14.1. The molecule has 2 aromatic rings. The normalized spacial score (nSPS) is 19.1. The minimum Gasteiger partial charge on any atom is -0.432 e. The summed E-state index contributed by atoms with van der Waals surface area (Å²) >= 11 is 2.05. The van der Waals surface area contributed by atoms with E-state index in [1.54, 1.807) is 0 Å². The van der Waals surface area contributed by atoms with Crippen molar-refractivity contribution in [3.05, 3.63) is 27.7 Å². The Labute approximate surface area is 101 Å². The molecule has 1 fully saturated rings. The molecule has 0 spiro atoms. The van der Waals surface area contributed by atoms with E-state index in [0.29, 0.717) is 3.90 Å². The largest absolute Gasteiger partial charge is 0.432 e. The first-order valence-electron chi connectivity index (χ1n) is 4.96. The van der Waals surface area contributed by atoms with Gasteiger partial charge in [0.2, 0.25) is 0 Å². The number of halogens is 1. The van der Waals surface area contributed by atoms with Gasteiger partial charge in [-0.15, -0.1) is 0 Å². The molecule has 1 saturated carbocycles. The van der Waals surface area contributed by atoms with Crippen LogP contribution in [0.3, 0.4) is 0 Å². The molecule has 1 aliphatic rings. The third-order valence-corrected chi connectivity index (χ3v) is 3.54. The van der Waals surface area contributed by atoms with Crippen LogP contribution in [0.1, 0.15) is 24.8 Å². The minimum absolute atomic E-state index is 0.613. The number of aromatic nitrogens is 1. The maximum absolute atomic E-state index is 10.2. The summed E-state index contributed by atoms with van der Waals surface area (Å²) in [7, 11) is 0. The summed E-state index contributed by atoms with van der Waals surface area (Å²) < 4.78 is 6.02. The monoisotopic (exact) mass is 315 g/mol. The molecule has 3 rings (SSSR count). The summed E-state index contributed by atoms with van der Waals surface area (Å²) in [6.45, 7) is 0. The number of rotatable bonds is 1. The van der Waals surface area contributed by atoms with Crippen LogP contribution in [-0.4, -0.2) is 10.1 Å². The first-order valence-corrected chi connectivity index (χ1v) is 6.04. The van der Waals surface area contributed by atoms with Crippen molar-refractivity contribution in [3.8, 4) is 0 Å². The summed E-state index contributed by atoms with van der Waals surface area (Å²) in [6.07, 6.45) is 2.81. The van der Waals surface area contributed by atoms with Gasteiger partial charge in [0.05, 0.1) is 5.60 Å². The van der Waals surface area contributed by atoms with E-state index in [9.17, 15) is 5.11 Å². The van der Waals surface area contributed by atoms with Gasteiger partial charge < -0.3 is 9.52 Å². The van der Waals surface area contributed by atoms with Gasteiger partial charge in [-0.25, -0.2) is 4.98 Å². The molecule has 0 saturated heterocycles. The fourth-order valence-corrected chi connectivity index (χ4v) is 2.49. The molecule has 0 atom stereocenters. The topological polar surface area (TPSA) is 46.3 Å². The summed E-state index contributed by atoms with van der Waals surface area (Å²) in [5.74, 6) is 0. The van der Waals surface area contributed by atoms with Gasteiger partial charge in [0.25, 0.3) is 3.90 Å². The second-order valence-electron chi connectivity index (χ2n) is 4.03. The fourth-order valence-electron chi connectivity index (χ4n) is 1.99. The Balaban J connectivity index is 2.13. The van der Waals surface area contributed by atoms with E-state index in [-0.39, 0.29) is 0 Å². The molecule has 0 bridgehead atoms. The minimum atomic E-state index is -0.613. The van der Waals surface area contributed by atoms with Crippen LogP contribution in [0.4, 0.5) is 0 Å². The Morgan fingerprint density at radius 1 is 1.40 bits per heavy atom. The van der Waals surface area contributed by atoms with Crippen molar-refractivity contribution < 1.29 is 9.52 Å². The van der Waals surface area contributed by atoms with Crippen LogP contribution in [0.25, 0.3) is 11.1 Å². The van der Waals surface area contributed by atoms with Crippen LogP contribution < -0.4 is 0 Å². The van der Waals surface area contributed by atoms with Gasteiger partial charge in [-0.05, 0) is 37.0 Å². The highest BCUT2D eigenvalue weighted by Crippen LogP contribution is 2.41. The second-order valence-corrected chi connectivity index (χ2v) is 4.96. The molecule has 1 heterocycles. The maximum Gasteiger partial charge on any atom is 0.258 e. The van der Waals surface area contributed by atoms with Gasteiger partial charge in [-0.1, -0.05) is 6.07 Å². The predicted octanol–water partition coefficient (Wildman–Crippen LogP) is 2.80. The van der Waals surface area contributed by atoms with E-state index in [2.05, 4.69) is 4.98 Å². The van der Waals surface area contributed by atoms with E-state index < -0.39 is 5.60 Å². The van der Waals surface area contributed by atoms with Crippen molar-refractivity contribution >= 4 is 33.7 Å². The van der Waals surface area contributed by atoms with Gasteiger partial charge >= 0.3 is 0 Å². The van der Waals surface area contributed by atoms with E-state index in [1.165, 1.54) is 0 Å². The number of oxazole rings is 1. The lowest BCUT2D eigenvalue weighted by atomic mass is 9.75. The quantitative estimate of drug-likeness (QED) is 0.823. The van der Waals surface area contributed by atoms with E-state index in [4.69, 9.17) is 4.42 Å². The number of hydrogen-bond donors (Lipinski definition) is 1. The van der Waals surface area contributed by atoms with Gasteiger partial charge in [0, 0.05) is 22.6 Å². The zero-order valence-corrected chi connectivity index (χ0v) is 10.2. The van der Waals surface area contributed by atoms with Crippen molar-refractivity contribution in [3.63, 3.8) is 0 Å². The van der Waals surface area contributed by atoms with Crippen molar-refractivity contribution in [2.24, 2.45) is 0 Å². The molecule has 1 aliphatic carbocycles. The summed E-state index contributed by atoms with van der Waals surface area (Å²) in [4.78, 5) is 4.25. The average Bonchev–Trinajstić information content (AvgIpc) is 2.53. The molecular weight excluding hydrogens is 305 g/mol. The third-order valence-electron chi connectivity index (χ3n) is 3.08. The first kappa shape index (κ1) is 9.59. The fraction of sp³-hybridized carbons (Fsp3) is 0.364. The molecule has 0 aliphatic heterocycles. The van der Waals surface area contributed by atoms with Crippen molar-refractivity contribution in [2.75, 3.05) is 0 Å². The number of nitrogens with zero attached hydrogens (tertiary/aromatic N) is 1. The van der Waals surface area contributed by atoms with Crippen molar-refractivity contribution in [1.82, 2.24) is 4.98 Å². The zero-order valence-electron chi connectivity index (χ0n) is 8.03. The van der Waals surface area contributed by atoms with Gasteiger partial charge in [0.1, 0.15) is 5.52 Å². The van der Waals surface area contributed by atoms with Gasteiger partial charge in [-0.3, -0.25) is 0 Å². The van der Waals surface area contributed by atoms with Crippen LogP contribution in [0.15, 0.2) is 22.6 Å². The lowest BCUT2D eigenvalue weighted by Crippen LogP contribution is -2.33. The van der Waals surface area contributed by atoms with Crippen LogP contribution >= 0.6 is 22.6 Å². The molecule has 15 heavy (non-hydrogen) atoms. The standard InChI is InChI=1S/C11H10INO2/c12-10-13-8-6-7(2-3-9(8)15-10)11(14)4-1-5-11/h2-3,6,14H,1,4-5H2. The molecule has 1 N–H and O–H groups in total. The number of benzene rings is 1. The first-order chi connectivity index (χ1) is 7.17. The number of fused-ring (bicyclic) bond motifs is 1. The second kappa shape index (κ2) is 3.18. The van der Waals surface area contributed by atoms with E-state index in [0.717, 1.165) is 35.9 Å². The van der Waals surface area contributed by atoms with E-state index >= 15 is 0 Å². The molecule has 4 heteroatoms. The zero-order chi connectivity index (χ0) is 10.5. The third kappa shape index (κ3) is 1.47. The maximum atomic E-state index is 10.2. The average molecular weight is 315 g/mol. The lowest BCUT2D eigenvalue weighted by molar-refractivity contribution is -0.0386. The Hall–Kier alpha value is -0.620. The molecular formula is C11H10INO2. The Morgan fingerprint density at radius 2 is 2.20 bits per heavy atom. The smallest absolute Gasteiger partial charge is 0.258 e. The Morgan fingerprint density at radius 3 is 2.87 bits per heavy atom.